The fraction of sp³-hybridized carbons (Fsp3) is 0.625. The number of rotatable bonds is 0. The fourth-order valence-corrected chi connectivity index (χ4v) is 1.37. The van der Waals surface area contributed by atoms with Crippen molar-refractivity contribution in [1.82, 2.24) is 9.78 Å². The Bertz CT molecular complexity index is 267. The van der Waals surface area contributed by atoms with Gasteiger partial charge in [0, 0.05) is 12.5 Å². The Morgan fingerprint density at radius 2 is 2.55 bits per heavy atom. The predicted octanol–water partition coefficient (Wildman–Crippen LogP) is 1.54. The van der Waals surface area contributed by atoms with Crippen molar-refractivity contribution >= 4 is 0 Å². The van der Waals surface area contributed by atoms with Crippen molar-refractivity contribution in [1.29, 1.82) is 0 Å². The van der Waals surface area contributed by atoms with Crippen LogP contribution in [-0.4, -0.2) is 16.4 Å². The molecule has 0 aromatic carbocycles. The van der Waals surface area contributed by atoms with Crippen LogP contribution in [-0.2, 0) is 0 Å². The van der Waals surface area contributed by atoms with Gasteiger partial charge in [0.2, 0.25) is 5.88 Å². The van der Waals surface area contributed by atoms with Crippen LogP contribution in [0.15, 0.2) is 6.07 Å². The number of aromatic nitrogens is 2. The van der Waals surface area contributed by atoms with E-state index in [9.17, 15) is 0 Å². The summed E-state index contributed by atoms with van der Waals surface area (Å²) in [5.41, 5.74) is 1.04. The summed E-state index contributed by atoms with van der Waals surface area (Å²) in [6.45, 7) is 4.98. The molecule has 2 rings (SSSR count). The highest BCUT2D eigenvalue weighted by molar-refractivity contribution is 5.16. The monoisotopic (exact) mass is 152 g/mol. The lowest BCUT2D eigenvalue weighted by Crippen LogP contribution is -2.18. The van der Waals surface area contributed by atoms with E-state index in [0.29, 0.717) is 6.04 Å². The molecule has 0 saturated heterocycles. The van der Waals surface area contributed by atoms with Gasteiger partial charge in [0.25, 0.3) is 0 Å². The third-order valence-electron chi connectivity index (χ3n) is 2.03. The van der Waals surface area contributed by atoms with Crippen molar-refractivity contribution in [3.05, 3.63) is 11.8 Å². The van der Waals surface area contributed by atoms with E-state index >= 15 is 0 Å². The Kier molecular flexibility index (Phi) is 1.37. The molecule has 0 bridgehead atoms. The van der Waals surface area contributed by atoms with Gasteiger partial charge in [-0.2, -0.15) is 5.10 Å². The number of nitrogens with zero attached hydrogens (tertiary/aromatic N) is 2. The minimum absolute atomic E-state index is 0.493. The third-order valence-corrected chi connectivity index (χ3v) is 2.03. The van der Waals surface area contributed by atoms with Gasteiger partial charge < -0.3 is 4.74 Å². The van der Waals surface area contributed by atoms with Gasteiger partial charge in [0.1, 0.15) is 0 Å². The average molecular weight is 152 g/mol. The van der Waals surface area contributed by atoms with Crippen molar-refractivity contribution < 1.29 is 4.74 Å². The maximum absolute atomic E-state index is 5.42. The first-order chi connectivity index (χ1) is 5.27. The molecule has 3 heteroatoms. The maximum Gasteiger partial charge on any atom is 0.212 e. The largest absolute Gasteiger partial charge is 0.478 e. The summed E-state index contributed by atoms with van der Waals surface area (Å²) < 4.78 is 7.37. The molecule has 0 aliphatic carbocycles. The van der Waals surface area contributed by atoms with E-state index in [1.54, 1.807) is 0 Å². The lowest BCUT2D eigenvalue weighted by atomic mass is 10.2. The highest BCUT2D eigenvalue weighted by atomic mass is 16.5. The molecule has 2 heterocycles. The van der Waals surface area contributed by atoms with E-state index in [0.717, 1.165) is 24.6 Å². The number of aryl methyl sites for hydroxylation is 1. The van der Waals surface area contributed by atoms with Gasteiger partial charge in [0.05, 0.1) is 18.3 Å². The lowest BCUT2D eigenvalue weighted by molar-refractivity contribution is 0.201. The van der Waals surface area contributed by atoms with Gasteiger partial charge in [-0.1, -0.05) is 0 Å². The van der Waals surface area contributed by atoms with Crippen LogP contribution in [0.1, 0.15) is 25.1 Å². The smallest absolute Gasteiger partial charge is 0.212 e. The average Bonchev–Trinajstić information content (AvgIpc) is 2.31. The molecule has 0 radical (unpaired) electrons. The molecule has 3 nitrogen and oxygen atoms in total. The van der Waals surface area contributed by atoms with E-state index in [1.165, 1.54) is 0 Å². The Labute approximate surface area is 66.0 Å². The molecule has 0 N–H and O–H groups in total. The van der Waals surface area contributed by atoms with Crippen LogP contribution in [0.4, 0.5) is 0 Å². The summed E-state index contributed by atoms with van der Waals surface area (Å²) in [6.07, 6.45) is 1.06. The molecule has 11 heavy (non-hydrogen) atoms. The summed E-state index contributed by atoms with van der Waals surface area (Å²) in [7, 11) is 0. The maximum atomic E-state index is 5.42. The quantitative estimate of drug-likeness (QED) is 0.563. The first-order valence-corrected chi connectivity index (χ1v) is 3.96. The molecule has 0 spiro atoms. The minimum Gasteiger partial charge on any atom is -0.478 e. The van der Waals surface area contributed by atoms with E-state index in [-0.39, 0.29) is 0 Å². The Morgan fingerprint density at radius 1 is 1.73 bits per heavy atom. The lowest BCUT2D eigenvalue weighted by Gasteiger charge is -2.20. The SMILES string of the molecule is Cc1cc2n(n1)[C@@H](C)CCO2. The van der Waals surface area contributed by atoms with Gasteiger partial charge >= 0.3 is 0 Å². The van der Waals surface area contributed by atoms with Crippen molar-refractivity contribution in [2.24, 2.45) is 0 Å². The zero-order chi connectivity index (χ0) is 7.84. The van der Waals surface area contributed by atoms with E-state index < -0.39 is 0 Å². The minimum atomic E-state index is 0.493. The van der Waals surface area contributed by atoms with Crippen LogP contribution in [0, 0.1) is 6.92 Å². The molecular weight excluding hydrogens is 140 g/mol. The Morgan fingerprint density at radius 3 is 3.27 bits per heavy atom. The highest BCUT2D eigenvalue weighted by Gasteiger charge is 2.17. The van der Waals surface area contributed by atoms with Crippen LogP contribution >= 0.6 is 0 Å². The highest BCUT2D eigenvalue weighted by Crippen LogP contribution is 2.25. The molecule has 0 unspecified atom stereocenters. The number of hydrogen-bond acceptors (Lipinski definition) is 2. The Hall–Kier alpha value is -0.990. The standard InChI is InChI=1S/C8H12N2O/c1-6-5-8-10(9-6)7(2)3-4-11-8/h5,7H,3-4H2,1-2H3/t7-/m0/s1. The van der Waals surface area contributed by atoms with Gasteiger partial charge in [-0.25, -0.2) is 4.68 Å². The van der Waals surface area contributed by atoms with E-state index in [2.05, 4.69) is 12.0 Å². The topological polar surface area (TPSA) is 27.1 Å². The molecule has 0 saturated carbocycles. The van der Waals surface area contributed by atoms with Crippen molar-refractivity contribution in [2.75, 3.05) is 6.61 Å². The number of hydrogen-bond donors (Lipinski definition) is 0. The van der Waals surface area contributed by atoms with Crippen LogP contribution in [0.5, 0.6) is 5.88 Å². The van der Waals surface area contributed by atoms with E-state index in [1.807, 2.05) is 17.7 Å². The number of ether oxygens (including phenoxy) is 1. The molecule has 0 fully saturated rings. The summed E-state index contributed by atoms with van der Waals surface area (Å²) in [4.78, 5) is 0. The summed E-state index contributed by atoms with van der Waals surface area (Å²) in [6, 6.07) is 2.47. The zero-order valence-corrected chi connectivity index (χ0v) is 6.87. The molecule has 1 aromatic rings. The molecule has 1 aromatic heterocycles. The summed E-state index contributed by atoms with van der Waals surface area (Å²) in [5, 5.41) is 4.32. The van der Waals surface area contributed by atoms with Crippen LogP contribution in [0.2, 0.25) is 0 Å². The second kappa shape index (κ2) is 2.26. The summed E-state index contributed by atoms with van der Waals surface area (Å²) >= 11 is 0. The molecule has 0 amide bonds. The molecule has 60 valence electrons. The normalized spacial score (nSPS) is 22.5. The molecule has 1 aliphatic rings. The third kappa shape index (κ3) is 1.00. The molecule has 1 atom stereocenters. The van der Waals surface area contributed by atoms with E-state index in [4.69, 9.17) is 4.74 Å². The first-order valence-electron chi connectivity index (χ1n) is 3.96. The molecule has 1 aliphatic heterocycles. The predicted molar refractivity (Wildman–Crippen MR) is 41.8 cm³/mol. The number of fused-ring (bicyclic) bond motifs is 1. The van der Waals surface area contributed by atoms with Gasteiger partial charge in [0.15, 0.2) is 0 Å². The molecular formula is C8H12N2O. The van der Waals surface area contributed by atoms with Crippen LogP contribution in [0.25, 0.3) is 0 Å². The zero-order valence-electron chi connectivity index (χ0n) is 6.87. The van der Waals surface area contributed by atoms with Gasteiger partial charge in [-0.05, 0) is 13.8 Å². The van der Waals surface area contributed by atoms with Crippen LogP contribution < -0.4 is 4.74 Å². The van der Waals surface area contributed by atoms with Crippen LogP contribution in [0.3, 0.4) is 0 Å². The van der Waals surface area contributed by atoms with Crippen molar-refractivity contribution in [2.45, 2.75) is 26.3 Å². The fourth-order valence-electron chi connectivity index (χ4n) is 1.37. The van der Waals surface area contributed by atoms with Crippen molar-refractivity contribution in [3.8, 4) is 5.88 Å². The van der Waals surface area contributed by atoms with Crippen molar-refractivity contribution in [3.63, 3.8) is 0 Å². The first kappa shape index (κ1) is 6.70. The second-order valence-electron chi connectivity index (χ2n) is 3.05. The second-order valence-corrected chi connectivity index (χ2v) is 3.05. The van der Waals surface area contributed by atoms with Gasteiger partial charge in [-0.15, -0.1) is 0 Å². The summed E-state index contributed by atoms with van der Waals surface area (Å²) in [5.74, 6) is 0.918. The van der Waals surface area contributed by atoms with Gasteiger partial charge in [-0.3, -0.25) is 0 Å². The Balaban J connectivity index is 2.43.